The Kier molecular flexibility index (Phi) is 5.62. The van der Waals surface area contributed by atoms with Crippen LogP contribution < -0.4 is 15.6 Å². The molecule has 0 spiro atoms. The van der Waals surface area contributed by atoms with Gasteiger partial charge in [0, 0.05) is 5.56 Å². The number of carbonyl (C=O) groups is 2. The molecule has 0 saturated heterocycles. The molecule has 2 aromatic rings. The van der Waals surface area contributed by atoms with Gasteiger partial charge in [0.2, 0.25) is 5.91 Å². The lowest BCUT2D eigenvalue weighted by Crippen LogP contribution is -2.56. The zero-order valence-electron chi connectivity index (χ0n) is 18.9. The smallest absolute Gasteiger partial charge is 0.269 e. The molecule has 0 unspecified atom stereocenters. The third-order valence-corrected chi connectivity index (χ3v) is 9.06. The maximum absolute atomic E-state index is 13.2. The van der Waals surface area contributed by atoms with Crippen molar-refractivity contribution >= 4 is 27.5 Å². The number of nitrogens with one attached hydrogen (secondary N) is 3. The van der Waals surface area contributed by atoms with E-state index in [1.807, 2.05) is 0 Å². The quantitative estimate of drug-likeness (QED) is 0.559. The summed E-state index contributed by atoms with van der Waals surface area (Å²) in [4.78, 5) is 25.8. The second-order valence-corrected chi connectivity index (χ2v) is 11.9. The Morgan fingerprint density at radius 1 is 0.912 bits per heavy atom. The Bertz CT molecular complexity index is 1210. The first-order chi connectivity index (χ1) is 16.1. The number of hydrogen-bond donors (Lipinski definition) is 3. The molecule has 2 amide bonds. The summed E-state index contributed by atoms with van der Waals surface area (Å²) in [5.41, 5.74) is 5.81. The van der Waals surface area contributed by atoms with Gasteiger partial charge in [0.25, 0.3) is 15.9 Å². The van der Waals surface area contributed by atoms with Crippen LogP contribution in [0.25, 0.3) is 0 Å². The number of carbonyl (C=O) groups excluding carboxylic acids is 2. The SMILES string of the molecule is Cc1ccc(C(=O)NNC(=O)C23CC4CC(CC(C4)C2)C3)cc1NS(=O)(=O)c1ccc(F)cc1. The predicted octanol–water partition coefficient (Wildman–Crippen LogP) is 3.91. The summed E-state index contributed by atoms with van der Waals surface area (Å²) in [7, 11) is -3.96. The maximum Gasteiger partial charge on any atom is 0.269 e. The molecule has 6 rings (SSSR count). The number of hydrazine groups is 1. The first-order valence-electron chi connectivity index (χ1n) is 11.6. The van der Waals surface area contributed by atoms with Crippen molar-refractivity contribution in [1.82, 2.24) is 10.9 Å². The number of sulfonamides is 1. The average molecular weight is 486 g/mol. The monoisotopic (exact) mass is 485 g/mol. The Labute approximate surface area is 198 Å². The highest BCUT2D eigenvalue weighted by molar-refractivity contribution is 7.92. The molecule has 0 radical (unpaired) electrons. The van der Waals surface area contributed by atoms with E-state index in [0.29, 0.717) is 23.3 Å². The number of anilines is 1. The number of hydrogen-bond acceptors (Lipinski definition) is 4. The van der Waals surface area contributed by atoms with Gasteiger partial charge in [-0.3, -0.25) is 25.2 Å². The predicted molar refractivity (Wildman–Crippen MR) is 125 cm³/mol. The average Bonchev–Trinajstić information content (AvgIpc) is 2.78. The molecule has 34 heavy (non-hydrogen) atoms. The van der Waals surface area contributed by atoms with Crippen molar-refractivity contribution in [3.63, 3.8) is 0 Å². The van der Waals surface area contributed by atoms with E-state index in [0.717, 1.165) is 31.4 Å². The van der Waals surface area contributed by atoms with Gasteiger partial charge in [-0.05, 0) is 105 Å². The highest BCUT2D eigenvalue weighted by Gasteiger charge is 2.54. The lowest BCUT2D eigenvalue weighted by atomic mass is 9.49. The Morgan fingerprint density at radius 3 is 2.09 bits per heavy atom. The molecule has 4 saturated carbocycles. The van der Waals surface area contributed by atoms with Crippen molar-refractivity contribution in [2.45, 2.75) is 50.3 Å². The van der Waals surface area contributed by atoms with Crippen LogP contribution in [0.2, 0.25) is 0 Å². The van der Waals surface area contributed by atoms with E-state index in [4.69, 9.17) is 0 Å². The lowest BCUT2D eigenvalue weighted by molar-refractivity contribution is -0.147. The number of halogens is 1. The molecule has 7 nitrogen and oxygen atoms in total. The molecule has 3 N–H and O–H groups in total. The molecule has 4 aliphatic carbocycles. The third kappa shape index (κ3) is 4.29. The van der Waals surface area contributed by atoms with Crippen LogP contribution in [0.4, 0.5) is 10.1 Å². The van der Waals surface area contributed by atoms with Gasteiger partial charge in [-0.25, -0.2) is 12.8 Å². The molecule has 0 aliphatic heterocycles. The Balaban J connectivity index is 1.26. The lowest BCUT2D eigenvalue weighted by Gasteiger charge is -2.55. The van der Waals surface area contributed by atoms with Gasteiger partial charge >= 0.3 is 0 Å². The first-order valence-corrected chi connectivity index (χ1v) is 13.1. The van der Waals surface area contributed by atoms with Gasteiger partial charge in [0.15, 0.2) is 0 Å². The van der Waals surface area contributed by atoms with Gasteiger partial charge in [-0.15, -0.1) is 0 Å². The fourth-order valence-corrected chi connectivity index (χ4v) is 7.52. The van der Waals surface area contributed by atoms with Gasteiger partial charge in [0.1, 0.15) is 5.82 Å². The molecular weight excluding hydrogens is 457 g/mol. The summed E-state index contributed by atoms with van der Waals surface area (Å²) in [6.45, 7) is 1.71. The van der Waals surface area contributed by atoms with Crippen molar-refractivity contribution in [2.75, 3.05) is 4.72 Å². The van der Waals surface area contributed by atoms with Crippen molar-refractivity contribution in [1.29, 1.82) is 0 Å². The number of aryl methyl sites for hydroxylation is 1. The van der Waals surface area contributed by atoms with Crippen LogP contribution in [0, 0.1) is 35.9 Å². The third-order valence-electron chi connectivity index (χ3n) is 7.68. The van der Waals surface area contributed by atoms with E-state index in [9.17, 15) is 22.4 Å². The second kappa shape index (κ2) is 8.37. The zero-order chi connectivity index (χ0) is 24.1. The van der Waals surface area contributed by atoms with Crippen LogP contribution >= 0.6 is 0 Å². The minimum Gasteiger partial charge on any atom is -0.279 e. The summed E-state index contributed by atoms with van der Waals surface area (Å²) in [6.07, 6.45) is 6.33. The van der Waals surface area contributed by atoms with Crippen molar-refractivity contribution in [3.8, 4) is 0 Å². The van der Waals surface area contributed by atoms with Crippen LogP contribution in [0.5, 0.6) is 0 Å². The standard InChI is InChI=1S/C25H28FN3O4S/c1-15-2-3-19(11-22(15)29-34(32,33)21-6-4-20(26)5-7-21)23(30)27-28-24(31)25-12-16-8-17(13-25)10-18(9-16)14-25/h2-7,11,16-18,29H,8-10,12-14H2,1H3,(H,27,30)(H,28,31). The van der Waals surface area contributed by atoms with Crippen molar-refractivity contribution < 1.29 is 22.4 Å². The summed E-state index contributed by atoms with van der Waals surface area (Å²) in [5.74, 6) is 0.651. The molecule has 9 heteroatoms. The highest BCUT2D eigenvalue weighted by atomic mass is 32.2. The fraction of sp³-hybridized carbons (Fsp3) is 0.440. The van der Waals surface area contributed by atoms with Crippen molar-refractivity contribution in [3.05, 3.63) is 59.4 Å². The maximum atomic E-state index is 13.2. The van der Waals surface area contributed by atoms with Crippen LogP contribution in [-0.2, 0) is 14.8 Å². The minimum absolute atomic E-state index is 0.0917. The number of amides is 2. The van der Waals surface area contributed by atoms with E-state index in [2.05, 4.69) is 15.6 Å². The topological polar surface area (TPSA) is 104 Å². The molecule has 2 aromatic carbocycles. The molecule has 4 bridgehead atoms. The number of rotatable bonds is 5. The van der Waals surface area contributed by atoms with Gasteiger partial charge in [-0.1, -0.05) is 6.07 Å². The van der Waals surface area contributed by atoms with E-state index < -0.39 is 21.7 Å². The van der Waals surface area contributed by atoms with Gasteiger partial charge in [0.05, 0.1) is 16.0 Å². The van der Waals surface area contributed by atoms with E-state index >= 15 is 0 Å². The van der Waals surface area contributed by atoms with Crippen LogP contribution in [-0.4, -0.2) is 20.2 Å². The molecule has 0 aromatic heterocycles. The molecule has 4 fully saturated rings. The van der Waals surface area contributed by atoms with Crippen LogP contribution in [0.1, 0.15) is 54.4 Å². The fourth-order valence-electron chi connectivity index (χ4n) is 6.40. The Hall–Kier alpha value is -2.94. The van der Waals surface area contributed by atoms with E-state index in [1.54, 1.807) is 19.1 Å². The summed E-state index contributed by atoms with van der Waals surface area (Å²) < 4.78 is 41.0. The molecule has 0 atom stereocenters. The van der Waals surface area contributed by atoms with E-state index in [-0.39, 0.29) is 27.5 Å². The minimum atomic E-state index is -3.96. The molecular formula is C25H28FN3O4S. The molecule has 4 aliphatic rings. The van der Waals surface area contributed by atoms with Crippen molar-refractivity contribution in [2.24, 2.45) is 23.2 Å². The van der Waals surface area contributed by atoms with Gasteiger partial charge in [-0.2, -0.15) is 0 Å². The molecule has 0 heterocycles. The molecule has 180 valence electrons. The van der Waals surface area contributed by atoms with Crippen LogP contribution in [0.15, 0.2) is 47.4 Å². The van der Waals surface area contributed by atoms with Crippen LogP contribution in [0.3, 0.4) is 0 Å². The highest BCUT2D eigenvalue weighted by Crippen LogP contribution is 2.60. The normalized spacial score (nSPS) is 27.3. The Morgan fingerprint density at radius 2 is 1.50 bits per heavy atom. The second-order valence-electron chi connectivity index (χ2n) is 10.2. The first kappa shape index (κ1) is 22.8. The van der Waals surface area contributed by atoms with Gasteiger partial charge < -0.3 is 0 Å². The summed E-state index contributed by atoms with van der Waals surface area (Å²) in [5, 5.41) is 0. The zero-order valence-corrected chi connectivity index (χ0v) is 19.8. The number of benzene rings is 2. The largest absolute Gasteiger partial charge is 0.279 e. The summed E-state index contributed by atoms with van der Waals surface area (Å²) in [6, 6.07) is 9.08. The van der Waals surface area contributed by atoms with E-state index in [1.165, 1.54) is 37.5 Å². The summed E-state index contributed by atoms with van der Waals surface area (Å²) >= 11 is 0.